The molecule has 2 aromatic carbocycles. The van der Waals surface area contributed by atoms with Crippen LogP contribution in [0.2, 0.25) is 0 Å². The van der Waals surface area contributed by atoms with E-state index in [1.807, 2.05) is 12.1 Å². The Labute approximate surface area is 98.6 Å². The molecule has 1 aliphatic heterocycles. The minimum atomic E-state index is -0.886. The lowest BCUT2D eigenvalue weighted by Gasteiger charge is -2.26. The number of hydrogen-bond donors (Lipinski definition) is 1. The highest BCUT2D eigenvalue weighted by atomic mass is 16.5. The Hall–Kier alpha value is -1.87. The number of carboxylic acids is 1. The van der Waals surface area contributed by atoms with E-state index in [1.54, 1.807) is 12.1 Å². The molecule has 0 aromatic heterocycles. The van der Waals surface area contributed by atoms with E-state index in [0.29, 0.717) is 11.5 Å². The summed E-state index contributed by atoms with van der Waals surface area (Å²) < 4.78 is 5.17. The lowest BCUT2D eigenvalue weighted by Crippen LogP contribution is -2.24. The van der Waals surface area contributed by atoms with Gasteiger partial charge < -0.3 is 9.84 Å². The van der Waals surface area contributed by atoms with Crippen LogP contribution in [0.15, 0.2) is 36.4 Å². The molecule has 1 aliphatic rings. The molecule has 0 saturated carbocycles. The first-order chi connectivity index (χ1) is 8.24. The zero-order valence-electron chi connectivity index (χ0n) is 9.22. The molecular weight excluding hydrogens is 216 g/mol. The van der Waals surface area contributed by atoms with E-state index in [1.165, 1.54) is 5.56 Å². The molecule has 17 heavy (non-hydrogen) atoms. The van der Waals surface area contributed by atoms with Gasteiger partial charge in [-0.15, -0.1) is 0 Å². The lowest BCUT2D eigenvalue weighted by molar-refractivity contribution is 0.00847. The van der Waals surface area contributed by atoms with Crippen molar-refractivity contribution in [3.63, 3.8) is 0 Å². The Morgan fingerprint density at radius 1 is 1.12 bits per heavy atom. The lowest BCUT2D eigenvalue weighted by atomic mass is 9.94. The van der Waals surface area contributed by atoms with E-state index >= 15 is 0 Å². The minimum Gasteiger partial charge on any atom is -0.478 e. The molecule has 1 heterocycles. The third-order valence-electron chi connectivity index (χ3n) is 3.22. The molecule has 3 heteroatoms. The molecule has 0 amide bonds. The molecule has 0 aliphatic carbocycles. The summed E-state index contributed by atoms with van der Waals surface area (Å²) in [5.74, 6) is -0.387. The van der Waals surface area contributed by atoms with Crippen LogP contribution in [-0.4, -0.2) is 24.3 Å². The summed E-state index contributed by atoms with van der Waals surface area (Å²) >= 11 is 0. The van der Waals surface area contributed by atoms with Gasteiger partial charge in [-0.25, -0.2) is 4.79 Å². The van der Waals surface area contributed by atoms with Gasteiger partial charge in [-0.3, -0.25) is 0 Å². The Balaban J connectivity index is 2.05. The standard InChI is InChI=1S/C14H12O3/c15-14(16)12-4-3-9-5-11(13-7-17-8-13)2-1-10(9)6-12/h1-6,13H,7-8H2,(H,15,16). The number of rotatable bonds is 2. The van der Waals surface area contributed by atoms with Gasteiger partial charge in [0.15, 0.2) is 0 Å². The SMILES string of the molecule is O=C(O)c1ccc2cc(C3COC3)ccc2c1. The van der Waals surface area contributed by atoms with Crippen LogP contribution in [0.4, 0.5) is 0 Å². The van der Waals surface area contributed by atoms with Crippen LogP contribution in [0.1, 0.15) is 21.8 Å². The topological polar surface area (TPSA) is 46.5 Å². The molecule has 0 atom stereocenters. The van der Waals surface area contributed by atoms with Gasteiger partial charge in [-0.2, -0.15) is 0 Å². The maximum absolute atomic E-state index is 10.9. The Morgan fingerprint density at radius 3 is 2.47 bits per heavy atom. The van der Waals surface area contributed by atoms with Crippen LogP contribution in [0.5, 0.6) is 0 Å². The summed E-state index contributed by atoms with van der Waals surface area (Å²) in [5.41, 5.74) is 1.60. The highest BCUT2D eigenvalue weighted by molar-refractivity contribution is 5.94. The molecule has 0 spiro atoms. The Kier molecular flexibility index (Phi) is 2.34. The van der Waals surface area contributed by atoms with Crippen LogP contribution in [0.25, 0.3) is 10.8 Å². The van der Waals surface area contributed by atoms with E-state index < -0.39 is 5.97 Å². The van der Waals surface area contributed by atoms with Crippen molar-refractivity contribution < 1.29 is 14.6 Å². The second-order valence-electron chi connectivity index (χ2n) is 4.36. The molecule has 0 radical (unpaired) electrons. The molecule has 1 saturated heterocycles. The highest BCUT2D eigenvalue weighted by Gasteiger charge is 2.20. The van der Waals surface area contributed by atoms with Crippen molar-refractivity contribution in [2.24, 2.45) is 0 Å². The monoisotopic (exact) mass is 228 g/mol. The molecular formula is C14H12O3. The van der Waals surface area contributed by atoms with Gasteiger partial charge in [0, 0.05) is 5.92 Å². The van der Waals surface area contributed by atoms with Crippen LogP contribution in [0, 0.1) is 0 Å². The van der Waals surface area contributed by atoms with Crippen molar-refractivity contribution >= 4 is 16.7 Å². The fourth-order valence-electron chi connectivity index (χ4n) is 2.08. The number of carboxylic acid groups (broad SMARTS) is 1. The Morgan fingerprint density at radius 2 is 1.82 bits per heavy atom. The smallest absolute Gasteiger partial charge is 0.335 e. The average molecular weight is 228 g/mol. The number of carbonyl (C=O) groups is 1. The first kappa shape index (κ1) is 10.3. The summed E-state index contributed by atoms with van der Waals surface area (Å²) in [4.78, 5) is 10.9. The predicted octanol–water partition coefficient (Wildman–Crippen LogP) is 2.65. The second-order valence-corrected chi connectivity index (χ2v) is 4.36. The molecule has 1 fully saturated rings. The quantitative estimate of drug-likeness (QED) is 0.859. The molecule has 86 valence electrons. The van der Waals surface area contributed by atoms with Gasteiger partial charge in [0.05, 0.1) is 18.8 Å². The third kappa shape index (κ3) is 1.78. The van der Waals surface area contributed by atoms with Crippen molar-refractivity contribution in [2.45, 2.75) is 5.92 Å². The van der Waals surface area contributed by atoms with Gasteiger partial charge in [-0.05, 0) is 28.5 Å². The highest BCUT2D eigenvalue weighted by Crippen LogP contribution is 2.27. The van der Waals surface area contributed by atoms with Crippen molar-refractivity contribution in [1.29, 1.82) is 0 Å². The number of ether oxygens (including phenoxy) is 1. The fourth-order valence-corrected chi connectivity index (χ4v) is 2.08. The first-order valence-electron chi connectivity index (χ1n) is 5.59. The molecule has 1 N–H and O–H groups in total. The summed E-state index contributed by atoms with van der Waals surface area (Å²) in [5, 5.41) is 11.0. The molecule has 3 nitrogen and oxygen atoms in total. The molecule has 2 aromatic rings. The van der Waals surface area contributed by atoms with Crippen molar-refractivity contribution in [3.05, 3.63) is 47.5 Å². The van der Waals surface area contributed by atoms with Crippen LogP contribution >= 0.6 is 0 Å². The third-order valence-corrected chi connectivity index (χ3v) is 3.22. The van der Waals surface area contributed by atoms with Crippen molar-refractivity contribution in [1.82, 2.24) is 0 Å². The van der Waals surface area contributed by atoms with E-state index in [2.05, 4.69) is 12.1 Å². The average Bonchev–Trinajstić information content (AvgIpc) is 2.26. The van der Waals surface area contributed by atoms with Gasteiger partial charge >= 0.3 is 5.97 Å². The summed E-state index contributed by atoms with van der Waals surface area (Å²) in [6.07, 6.45) is 0. The molecule has 0 bridgehead atoms. The summed E-state index contributed by atoms with van der Waals surface area (Å²) in [7, 11) is 0. The number of fused-ring (bicyclic) bond motifs is 1. The van der Waals surface area contributed by atoms with Crippen LogP contribution in [0.3, 0.4) is 0 Å². The normalized spacial score (nSPS) is 15.8. The van der Waals surface area contributed by atoms with Crippen LogP contribution in [-0.2, 0) is 4.74 Å². The Bertz CT molecular complexity index is 585. The number of benzene rings is 2. The van der Waals surface area contributed by atoms with Crippen molar-refractivity contribution in [2.75, 3.05) is 13.2 Å². The van der Waals surface area contributed by atoms with E-state index in [9.17, 15) is 4.79 Å². The zero-order chi connectivity index (χ0) is 11.8. The van der Waals surface area contributed by atoms with E-state index in [0.717, 1.165) is 24.0 Å². The van der Waals surface area contributed by atoms with E-state index in [4.69, 9.17) is 9.84 Å². The largest absolute Gasteiger partial charge is 0.478 e. The number of aromatic carboxylic acids is 1. The van der Waals surface area contributed by atoms with E-state index in [-0.39, 0.29) is 0 Å². The maximum Gasteiger partial charge on any atom is 0.335 e. The van der Waals surface area contributed by atoms with Crippen LogP contribution < -0.4 is 0 Å². The zero-order valence-corrected chi connectivity index (χ0v) is 9.22. The fraction of sp³-hybridized carbons (Fsp3) is 0.214. The predicted molar refractivity (Wildman–Crippen MR) is 64.5 cm³/mol. The minimum absolute atomic E-state index is 0.331. The summed E-state index contributed by atoms with van der Waals surface area (Å²) in [6.45, 7) is 1.58. The molecule has 0 unspecified atom stereocenters. The van der Waals surface area contributed by atoms with Gasteiger partial charge in [0.2, 0.25) is 0 Å². The van der Waals surface area contributed by atoms with Gasteiger partial charge in [-0.1, -0.05) is 24.3 Å². The van der Waals surface area contributed by atoms with Crippen molar-refractivity contribution in [3.8, 4) is 0 Å². The first-order valence-corrected chi connectivity index (χ1v) is 5.59. The number of hydrogen-bond acceptors (Lipinski definition) is 2. The molecule has 3 rings (SSSR count). The maximum atomic E-state index is 10.9. The van der Waals surface area contributed by atoms with Gasteiger partial charge in [0.25, 0.3) is 0 Å². The second kappa shape index (κ2) is 3.86. The van der Waals surface area contributed by atoms with Gasteiger partial charge in [0.1, 0.15) is 0 Å². The summed E-state index contributed by atoms with van der Waals surface area (Å²) in [6, 6.07) is 11.4.